The third-order valence-electron chi connectivity index (χ3n) is 5.11. The molecule has 2 aromatic rings. The molecule has 0 aliphatic carbocycles. The topological polar surface area (TPSA) is 73.8 Å². The van der Waals surface area contributed by atoms with Crippen LogP contribution in [0, 0.1) is 6.92 Å². The number of imide groups is 1. The van der Waals surface area contributed by atoms with E-state index in [0.717, 1.165) is 41.1 Å². The van der Waals surface area contributed by atoms with Gasteiger partial charge in [0.25, 0.3) is 11.1 Å². The van der Waals surface area contributed by atoms with Crippen LogP contribution in [0.4, 0.5) is 10.5 Å². The number of nitrogens with zero attached hydrogens (tertiary/aromatic N) is 4. The normalized spacial score (nSPS) is 18.4. The zero-order valence-electron chi connectivity index (χ0n) is 16.7. The summed E-state index contributed by atoms with van der Waals surface area (Å²) in [6, 6.07) is 15.5. The summed E-state index contributed by atoms with van der Waals surface area (Å²) in [4.78, 5) is 47.3. The maximum absolute atomic E-state index is 12.7. The molecular weight excluding hydrogens is 400 g/mol. The Morgan fingerprint density at radius 3 is 2.47 bits per heavy atom. The molecule has 0 N–H and O–H groups in total. The zero-order valence-corrected chi connectivity index (χ0v) is 17.5. The molecule has 0 bridgehead atoms. The van der Waals surface area contributed by atoms with E-state index in [1.165, 1.54) is 0 Å². The van der Waals surface area contributed by atoms with Crippen molar-refractivity contribution in [2.75, 3.05) is 37.6 Å². The second-order valence-corrected chi connectivity index (χ2v) is 8.17. The fourth-order valence-corrected chi connectivity index (χ4v) is 4.33. The molecule has 0 unspecified atom stereocenters. The van der Waals surface area contributed by atoms with Crippen LogP contribution in [0.1, 0.15) is 11.4 Å². The van der Waals surface area contributed by atoms with E-state index < -0.39 is 11.1 Å². The van der Waals surface area contributed by atoms with E-state index in [-0.39, 0.29) is 12.5 Å². The van der Waals surface area contributed by atoms with Crippen molar-refractivity contribution in [1.29, 1.82) is 0 Å². The summed E-state index contributed by atoms with van der Waals surface area (Å²) < 4.78 is 0. The van der Waals surface area contributed by atoms with Crippen LogP contribution >= 0.6 is 11.8 Å². The standard InChI is InChI=1S/C22H22N4O3S/c1-16-6-5-7-17(23-16)14-19-21(28)26(22(29)30-19)15-20(27)25-12-10-24(11-13-25)18-8-3-2-4-9-18/h2-9,14H,10-13,15H2,1H3/b19-14+. The van der Waals surface area contributed by atoms with Crippen LogP contribution in [0.15, 0.2) is 53.4 Å². The van der Waals surface area contributed by atoms with Gasteiger partial charge in [-0.05, 0) is 49.0 Å². The van der Waals surface area contributed by atoms with Crippen LogP contribution in [0.2, 0.25) is 0 Å². The number of hydrogen-bond donors (Lipinski definition) is 0. The third kappa shape index (κ3) is 4.38. The summed E-state index contributed by atoms with van der Waals surface area (Å²) in [5, 5.41) is -0.421. The molecule has 2 saturated heterocycles. The van der Waals surface area contributed by atoms with Crippen molar-refractivity contribution >= 4 is 40.6 Å². The highest BCUT2D eigenvalue weighted by molar-refractivity contribution is 8.18. The van der Waals surface area contributed by atoms with Crippen molar-refractivity contribution in [1.82, 2.24) is 14.8 Å². The first kappa shape index (κ1) is 20.2. The van der Waals surface area contributed by atoms with Gasteiger partial charge in [0.05, 0.1) is 10.6 Å². The molecule has 2 aliphatic heterocycles. The number of thioether (sulfide) groups is 1. The molecule has 2 fully saturated rings. The Labute approximate surface area is 179 Å². The van der Waals surface area contributed by atoms with E-state index in [9.17, 15) is 14.4 Å². The highest BCUT2D eigenvalue weighted by Crippen LogP contribution is 2.32. The lowest BCUT2D eigenvalue weighted by atomic mass is 10.2. The van der Waals surface area contributed by atoms with Crippen LogP contribution in [0.3, 0.4) is 0 Å². The Bertz CT molecular complexity index is 1000. The number of amides is 3. The van der Waals surface area contributed by atoms with Gasteiger partial charge >= 0.3 is 0 Å². The van der Waals surface area contributed by atoms with E-state index in [1.54, 1.807) is 17.0 Å². The first-order valence-electron chi connectivity index (χ1n) is 9.78. The molecule has 8 heteroatoms. The van der Waals surface area contributed by atoms with Crippen LogP contribution in [-0.2, 0) is 9.59 Å². The maximum atomic E-state index is 12.7. The highest BCUT2D eigenvalue weighted by atomic mass is 32.2. The van der Waals surface area contributed by atoms with Gasteiger partial charge in [-0.3, -0.25) is 24.3 Å². The van der Waals surface area contributed by atoms with Crippen molar-refractivity contribution in [3.8, 4) is 0 Å². The fourth-order valence-electron chi connectivity index (χ4n) is 3.50. The number of hydrogen-bond acceptors (Lipinski definition) is 6. The third-order valence-corrected chi connectivity index (χ3v) is 6.02. The van der Waals surface area contributed by atoms with Crippen LogP contribution < -0.4 is 4.90 Å². The molecule has 2 aliphatic rings. The van der Waals surface area contributed by atoms with Gasteiger partial charge in [0, 0.05) is 37.6 Å². The van der Waals surface area contributed by atoms with Gasteiger partial charge < -0.3 is 9.80 Å². The Hall–Kier alpha value is -3.13. The average Bonchev–Trinajstić information content (AvgIpc) is 3.02. The molecule has 1 aromatic carbocycles. The predicted octanol–water partition coefficient (Wildman–Crippen LogP) is 2.78. The molecule has 0 radical (unpaired) electrons. The van der Waals surface area contributed by atoms with Gasteiger partial charge in [0.2, 0.25) is 5.91 Å². The van der Waals surface area contributed by atoms with Gasteiger partial charge in [-0.25, -0.2) is 0 Å². The van der Waals surface area contributed by atoms with Crippen molar-refractivity contribution in [3.63, 3.8) is 0 Å². The Balaban J connectivity index is 1.37. The molecular formula is C22H22N4O3S. The number of para-hydroxylation sites is 1. The molecule has 3 heterocycles. The minimum absolute atomic E-state index is 0.208. The fraction of sp³-hybridized carbons (Fsp3) is 0.273. The van der Waals surface area contributed by atoms with Crippen molar-refractivity contribution in [2.24, 2.45) is 0 Å². The van der Waals surface area contributed by atoms with Crippen molar-refractivity contribution in [2.45, 2.75) is 6.92 Å². The van der Waals surface area contributed by atoms with Crippen LogP contribution in [-0.4, -0.2) is 64.6 Å². The van der Waals surface area contributed by atoms with Crippen LogP contribution in [0.25, 0.3) is 6.08 Å². The number of aryl methyl sites for hydroxylation is 1. The van der Waals surface area contributed by atoms with E-state index in [0.29, 0.717) is 23.7 Å². The average molecular weight is 423 g/mol. The first-order valence-corrected chi connectivity index (χ1v) is 10.6. The van der Waals surface area contributed by atoms with Gasteiger partial charge in [-0.2, -0.15) is 0 Å². The van der Waals surface area contributed by atoms with Gasteiger partial charge in [0.15, 0.2) is 0 Å². The number of carbonyl (C=O) groups excluding carboxylic acids is 3. The summed E-state index contributed by atoms with van der Waals surface area (Å²) >= 11 is 0.848. The Morgan fingerprint density at radius 1 is 1.03 bits per heavy atom. The van der Waals surface area contributed by atoms with Gasteiger partial charge in [0.1, 0.15) is 6.54 Å². The van der Waals surface area contributed by atoms with Gasteiger partial charge in [-0.1, -0.05) is 24.3 Å². The summed E-state index contributed by atoms with van der Waals surface area (Å²) in [7, 11) is 0. The van der Waals surface area contributed by atoms with E-state index in [4.69, 9.17) is 0 Å². The monoisotopic (exact) mass is 422 g/mol. The second kappa shape index (κ2) is 8.71. The molecule has 1 aromatic heterocycles. The minimum Gasteiger partial charge on any atom is -0.368 e. The Morgan fingerprint density at radius 2 is 1.77 bits per heavy atom. The second-order valence-electron chi connectivity index (χ2n) is 7.18. The zero-order chi connectivity index (χ0) is 21.1. The predicted molar refractivity (Wildman–Crippen MR) is 117 cm³/mol. The molecule has 4 rings (SSSR count). The van der Waals surface area contributed by atoms with Gasteiger partial charge in [-0.15, -0.1) is 0 Å². The molecule has 30 heavy (non-hydrogen) atoms. The first-order chi connectivity index (χ1) is 14.5. The summed E-state index contributed by atoms with van der Waals surface area (Å²) in [6.45, 7) is 4.20. The lowest BCUT2D eigenvalue weighted by Crippen LogP contribution is -2.51. The lowest BCUT2D eigenvalue weighted by Gasteiger charge is -2.36. The molecule has 154 valence electrons. The molecule has 7 nitrogen and oxygen atoms in total. The van der Waals surface area contributed by atoms with E-state index in [1.807, 2.05) is 49.4 Å². The van der Waals surface area contributed by atoms with E-state index in [2.05, 4.69) is 9.88 Å². The molecule has 0 atom stereocenters. The number of anilines is 1. The number of aromatic nitrogens is 1. The van der Waals surface area contributed by atoms with Crippen LogP contribution in [0.5, 0.6) is 0 Å². The smallest absolute Gasteiger partial charge is 0.294 e. The number of pyridine rings is 1. The summed E-state index contributed by atoms with van der Waals surface area (Å²) in [5.41, 5.74) is 2.57. The Kier molecular flexibility index (Phi) is 5.85. The largest absolute Gasteiger partial charge is 0.368 e. The molecule has 3 amide bonds. The molecule has 0 saturated carbocycles. The maximum Gasteiger partial charge on any atom is 0.294 e. The number of rotatable bonds is 4. The SMILES string of the molecule is Cc1cccc(/C=C2/SC(=O)N(CC(=O)N3CCN(c4ccccc4)CC3)C2=O)n1. The van der Waals surface area contributed by atoms with E-state index >= 15 is 0 Å². The minimum atomic E-state index is -0.440. The number of benzene rings is 1. The highest BCUT2D eigenvalue weighted by Gasteiger charge is 2.37. The quantitative estimate of drug-likeness (QED) is 0.706. The number of carbonyl (C=O) groups is 3. The number of piperazine rings is 1. The lowest BCUT2D eigenvalue weighted by molar-refractivity contribution is -0.136. The summed E-state index contributed by atoms with van der Waals surface area (Å²) in [6.07, 6.45) is 1.60. The van der Waals surface area contributed by atoms with Crippen molar-refractivity contribution in [3.05, 3.63) is 64.8 Å². The van der Waals surface area contributed by atoms with Crippen molar-refractivity contribution < 1.29 is 14.4 Å². The molecule has 0 spiro atoms. The summed E-state index contributed by atoms with van der Waals surface area (Å²) in [5.74, 6) is -0.649.